The van der Waals surface area contributed by atoms with E-state index in [1.165, 1.54) is 0 Å². The largest absolute Gasteiger partial charge is 0.339 e. The van der Waals surface area contributed by atoms with Gasteiger partial charge in [0.15, 0.2) is 6.29 Å². The fraction of sp³-hybridized carbons (Fsp3) is 0.429. The van der Waals surface area contributed by atoms with Crippen molar-refractivity contribution in [1.29, 1.82) is 0 Å². The molecule has 0 spiro atoms. The highest BCUT2D eigenvalue weighted by Gasteiger charge is 1.97. The molecule has 0 saturated heterocycles. The average Bonchev–Trinajstić information content (AvgIpc) is 2.48. The second-order valence-electron chi connectivity index (χ2n) is 2.04. The van der Waals surface area contributed by atoms with Crippen LogP contribution in [0.5, 0.6) is 0 Å². The predicted octanol–water partition coefficient (Wildman–Crippen LogP) is 1.48. The molecule has 11 heavy (non-hydrogen) atoms. The molecule has 0 aliphatic heterocycles. The van der Waals surface area contributed by atoms with Crippen LogP contribution < -0.4 is 0 Å². The molecule has 0 amide bonds. The van der Waals surface area contributed by atoms with Gasteiger partial charge in [-0.3, -0.25) is 4.79 Å². The summed E-state index contributed by atoms with van der Waals surface area (Å²) in [6, 6.07) is 0. The summed E-state index contributed by atoms with van der Waals surface area (Å²) >= 11 is 1.78. The van der Waals surface area contributed by atoms with Crippen LogP contribution in [0.3, 0.4) is 0 Å². The van der Waals surface area contributed by atoms with Crippen LogP contribution in [0, 0.1) is 0 Å². The van der Waals surface area contributed by atoms with Crippen LogP contribution in [-0.4, -0.2) is 22.0 Å². The Morgan fingerprint density at radius 1 is 1.82 bits per heavy atom. The fourth-order valence-corrected chi connectivity index (χ4v) is 1.25. The zero-order valence-corrected chi connectivity index (χ0v) is 7.15. The summed E-state index contributed by atoms with van der Waals surface area (Å²) in [4.78, 5) is 17.1. The third kappa shape index (κ3) is 2.38. The second-order valence-corrected chi connectivity index (χ2v) is 3.31. The van der Waals surface area contributed by atoms with E-state index >= 15 is 0 Å². The molecule has 0 radical (unpaired) electrons. The van der Waals surface area contributed by atoms with Gasteiger partial charge in [0.2, 0.25) is 0 Å². The van der Waals surface area contributed by atoms with Gasteiger partial charge in [0, 0.05) is 0 Å². The Labute approximate surface area is 69.6 Å². The van der Waals surface area contributed by atoms with Gasteiger partial charge < -0.3 is 4.98 Å². The predicted molar refractivity (Wildman–Crippen MR) is 45.8 cm³/mol. The van der Waals surface area contributed by atoms with Crippen LogP contribution in [0.4, 0.5) is 0 Å². The fourth-order valence-electron chi connectivity index (χ4n) is 0.711. The molecule has 0 aromatic carbocycles. The number of H-pyrrole nitrogens is 1. The van der Waals surface area contributed by atoms with E-state index in [0.717, 1.165) is 23.6 Å². The Morgan fingerprint density at radius 3 is 3.18 bits per heavy atom. The van der Waals surface area contributed by atoms with Crippen LogP contribution in [-0.2, 0) is 5.75 Å². The Balaban J connectivity index is 2.51. The molecular weight excluding hydrogens is 160 g/mol. The number of aromatic amines is 1. The van der Waals surface area contributed by atoms with Crippen LogP contribution in [0.2, 0.25) is 0 Å². The highest BCUT2D eigenvalue weighted by molar-refractivity contribution is 7.98. The maximum Gasteiger partial charge on any atom is 0.167 e. The first-order valence-electron chi connectivity index (χ1n) is 3.43. The van der Waals surface area contributed by atoms with Gasteiger partial charge in [-0.1, -0.05) is 6.92 Å². The molecule has 0 aliphatic carbocycles. The standard InChI is InChI=1S/C7H10N2OS/c1-2-11-5-7-8-3-6(4-10)9-7/h3-4H,2,5H2,1H3,(H,8,9). The molecule has 1 N–H and O–H groups in total. The molecule has 0 bridgehead atoms. The number of rotatable bonds is 4. The highest BCUT2D eigenvalue weighted by Crippen LogP contribution is 2.07. The number of nitrogens with one attached hydrogen (secondary N) is 1. The summed E-state index contributed by atoms with van der Waals surface area (Å²) in [6.45, 7) is 2.09. The van der Waals surface area contributed by atoms with E-state index in [4.69, 9.17) is 0 Å². The van der Waals surface area contributed by atoms with Gasteiger partial charge in [0.25, 0.3) is 0 Å². The number of carbonyl (C=O) groups excluding carboxylic acids is 1. The lowest BCUT2D eigenvalue weighted by Crippen LogP contribution is -1.84. The third-order valence-corrected chi connectivity index (χ3v) is 2.10. The van der Waals surface area contributed by atoms with Gasteiger partial charge in [-0.15, -0.1) is 0 Å². The van der Waals surface area contributed by atoms with E-state index in [9.17, 15) is 4.79 Å². The van der Waals surface area contributed by atoms with Crippen molar-refractivity contribution in [3.05, 3.63) is 17.7 Å². The molecule has 0 atom stereocenters. The Kier molecular flexibility index (Phi) is 3.16. The minimum Gasteiger partial charge on any atom is -0.339 e. The molecule has 1 aromatic rings. The van der Waals surface area contributed by atoms with Crippen molar-refractivity contribution in [1.82, 2.24) is 9.97 Å². The summed E-state index contributed by atoms with van der Waals surface area (Å²) in [6.07, 6.45) is 2.33. The van der Waals surface area contributed by atoms with Crippen molar-refractivity contribution >= 4 is 18.0 Å². The van der Waals surface area contributed by atoms with Crippen LogP contribution in [0.25, 0.3) is 0 Å². The quantitative estimate of drug-likeness (QED) is 0.696. The first kappa shape index (κ1) is 8.33. The van der Waals surface area contributed by atoms with Crippen molar-refractivity contribution in [3.63, 3.8) is 0 Å². The lowest BCUT2D eigenvalue weighted by atomic mass is 10.5. The van der Waals surface area contributed by atoms with Gasteiger partial charge in [0.05, 0.1) is 17.6 Å². The molecule has 3 nitrogen and oxygen atoms in total. The van der Waals surface area contributed by atoms with Crippen LogP contribution in [0.1, 0.15) is 23.2 Å². The number of thioether (sulfide) groups is 1. The first-order chi connectivity index (χ1) is 5.36. The topological polar surface area (TPSA) is 45.8 Å². The van der Waals surface area contributed by atoms with Crippen LogP contribution in [0.15, 0.2) is 6.20 Å². The minimum atomic E-state index is 0.553. The van der Waals surface area contributed by atoms with E-state index in [1.807, 2.05) is 0 Å². The molecule has 0 unspecified atom stereocenters. The molecule has 0 saturated carbocycles. The molecule has 4 heteroatoms. The minimum absolute atomic E-state index is 0.553. The highest BCUT2D eigenvalue weighted by atomic mass is 32.2. The number of hydrogen-bond acceptors (Lipinski definition) is 3. The number of imidazole rings is 1. The first-order valence-corrected chi connectivity index (χ1v) is 4.59. The Hall–Kier alpha value is -0.770. The molecule has 0 aliphatic rings. The van der Waals surface area contributed by atoms with E-state index in [2.05, 4.69) is 16.9 Å². The lowest BCUT2D eigenvalue weighted by Gasteiger charge is -1.91. The lowest BCUT2D eigenvalue weighted by molar-refractivity contribution is 0.111. The van der Waals surface area contributed by atoms with Gasteiger partial charge in [0.1, 0.15) is 5.82 Å². The zero-order chi connectivity index (χ0) is 8.10. The normalized spacial score (nSPS) is 9.91. The Bertz CT molecular complexity index is 234. The van der Waals surface area contributed by atoms with Gasteiger partial charge in [-0.2, -0.15) is 11.8 Å². The average molecular weight is 170 g/mol. The Morgan fingerprint density at radius 2 is 2.64 bits per heavy atom. The molecule has 0 fully saturated rings. The second kappa shape index (κ2) is 4.18. The number of aromatic nitrogens is 2. The van der Waals surface area contributed by atoms with Crippen molar-refractivity contribution in [3.8, 4) is 0 Å². The third-order valence-electron chi connectivity index (χ3n) is 1.22. The SMILES string of the molecule is CCSCc1ncc(C=O)[nH]1. The van der Waals surface area contributed by atoms with Gasteiger partial charge in [-0.25, -0.2) is 4.98 Å². The van der Waals surface area contributed by atoms with E-state index < -0.39 is 0 Å². The maximum atomic E-state index is 10.2. The number of hydrogen-bond donors (Lipinski definition) is 1. The maximum absolute atomic E-state index is 10.2. The summed E-state index contributed by atoms with van der Waals surface area (Å²) in [7, 11) is 0. The number of carbonyl (C=O) groups is 1. The van der Waals surface area contributed by atoms with Crippen LogP contribution >= 0.6 is 11.8 Å². The monoisotopic (exact) mass is 170 g/mol. The number of aldehydes is 1. The van der Waals surface area contributed by atoms with E-state index in [1.54, 1.807) is 18.0 Å². The van der Waals surface area contributed by atoms with Crippen molar-refractivity contribution in [2.45, 2.75) is 12.7 Å². The van der Waals surface area contributed by atoms with Crippen molar-refractivity contribution in [2.75, 3.05) is 5.75 Å². The zero-order valence-electron chi connectivity index (χ0n) is 6.33. The van der Waals surface area contributed by atoms with E-state index in [-0.39, 0.29) is 0 Å². The smallest absolute Gasteiger partial charge is 0.167 e. The van der Waals surface area contributed by atoms with Gasteiger partial charge in [-0.05, 0) is 5.75 Å². The summed E-state index contributed by atoms with van der Waals surface area (Å²) in [5, 5.41) is 0. The van der Waals surface area contributed by atoms with Gasteiger partial charge >= 0.3 is 0 Å². The van der Waals surface area contributed by atoms with E-state index in [0.29, 0.717) is 5.69 Å². The summed E-state index contributed by atoms with van der Waals surface area (Å²) in [5.74, 6) is 2.79. The molecule has 1 heterocycles. The molecule has 1 rings (SSSR count). The number of nitrogens with zero attached hydrogens (tertiary/aromatic N) is 1. The molecular formula is C7H10N2OS. The van der Waals surface area contributed by atoms with Crippen molar-refractivity contribution < 1.29 is 4.79 Å². The molecule has 1 aromatic heterocycles. The van der Waals surface area contributed by atoms with Crippen molar-refractivity contribution in [2.24, 2.45) is 0 Å². The summed E-state index contributed by atoms with van der Waals surface area (Å²) < 4.78 is 0. The summed E-state index contributed by atoms with van der Waals surface area (Å²) in [5.41, 5.74) is 0.553. The molecule has 60 valence electrons.